The normalized spacial score (nSPS) is 15.4. The van der Waals surface area contributed by atoms with E-state index in [-0.39, 0.29) is 10.7 Å². The summed E-state index contributed by atoms with van der Waals surface area (Å²) in [7, 11) is 0. The zero-order valence-corrected chi connectivity index (χ0v) is 20.7. The molecule has 4 rings (SSSR count). The second-order valence-corrected chi connectivity index (χ2v) is 9.11. The molecule has 0 aliphatic carbocycles. The Morgan fingerprint density at radius 2 is 1.61 bits per heavy atom. The zero-order valence-electron chi connectivity index (χ0n) is 19.1. The molecule has 0 spiro atoms. The minimum absolute atomic E-state index is 0.00104. The summed E-state index contributed by atoms with van der Waals surface area (Å²) in [5.74, 6) is -1.04. The Bertz CT molecular complexity index is 1350. The SMILES string of the molecule is Cc1cc(C)c(-n2c(C)cc(/C=C3\C(=O)NC(=S)N(c4ccccc4Cl)C3=O)c2C)c(C)c1. The molecular formula is C26H24ClN3O2S. The van der Waals surface area contributed by atoms with E-state index in [1.807, 2.05) is 19.9 Å². The van der Waals surface area contributed by atoms with E-state index in [4.69, 9.17) is 23.8 Å². The Labute approximate surface area is 203 Å². The second-order valence-electron chi connectivity index (χ2n) is 8.32. The predicted octanol–water partition coefficient (Wildman–Crippen LogP) is 5.50. The van der Waals surface area contributed by atoms with Gasteiger partial charge in [-0.3, -0.25) is 19.8 Å². The predicted molar refractivity (Wildman–Crippen MR) is 137 cm³/mol. The van der Waals surface area contributed by atoms with Crippen LogP contribution in [-0.4, -0.2) is 21.5 Å². The second kappa shape index (κ2) is 8.61. The first-order chi connectivity index (χ1) is 15.6. The third kappa shape index (κ3) is 4.01. The molecule has 1 N–H and O–H groups in total. The van der Waals surface area contributed by atoms with Crippen LogP contribution in [0, 0.1) is 34.6 Å². The summed E-state index contributed by atoms with van der Waals surface area (Å²) in [5, 5.41) is 2.99. The number of carbonyl (C=O) groups excluding carboxylic acids is 2. The number of carbonyl (C=O) groups is 2. The molecule has 2 heterocycles. The highest BCUT2D eigenvalue weighted by atomic mass is 35.5. The molecule has 0 saturated carbocycles. The largest absolute Gasteiger partial charge is 0.317 e. The van der Waals surface area contributed by atoms with Gasteiger partial charge in [0.05, 0.1) is 16.4 Å². The molecule has 7 heteroatoms. The minimum Gasteiger partial charge on any atom is -0.317 e. The number of halogens is 1. The van der Waals surface area contributed by atoms with Gasteiger partial charge in [-0.1, -0.05) is 41.4 Å². The average molecular weight is 478 g/mol. The molecule has 1 aliphatic rings. The van der Waals surface area contributed by atoms with Gasteiger partial charge in [0.1, 0.15) is 5.57 Å². The molecular weight excluding hydrogens is 454 g/mol. The Kier molecular flexibility index (Phi) is 5.99. The molecule has 0 atom stereocenters. The lowest BCUT2D eigenvalue weighted by Gasteiger charge is -2.29. The molecule has 168 valence electrons. The molecule has 1 aromatic heterocycles. The molecule has 0 bridgehead atoms. The van der Waals surface area contributed by atoms with Crippen LogP contribution in [0.1, 0.15) is 33.6 Å². The van der Waals surface area contributed by atoms with Gasteiger partial charge in [-0.25, -0.2) is 0 Å². The van der Waals surface area contributed by atoms with Gasteiger partial charge in [0, 0.05) is 11.4 Å². The first-order valence-corrected chi connectivity index (χ1v) is 11.3. The van der Waals surface area contributed by atoms with Crippen molar-refractivity contribution < 1.29 is 9.59 Å². The van der Waals surface area contributed by atoms with Crippen molar-refractivity contribution in [2.75, 3.05) is 4.90 Å². The van der Waals surface area contributed by atoms with Crippen molar-refractivity contribution in [3.8, 4) is 5.69 Å². The van der Waals surface area contributed by atoms with Crippen LogP contribution in [0.5, 0.6) is 0 Å². The van der Waals surface area contributed by atoms with Gasteiger partial charge < -0.3 is 4.57 Å². The summed E-state index contributed by atoms with van der Waals surface area (Å²) in [6.07, 6.45) is 1.63. The number of nitrogens with zero attached hydrogens (tertiary/aromatic N) is 2. The number of hydrogen-bond acceptors (Lipinski definition) is 3. The first-order valence-electron chi connectivity index (χ1n) is 10.5. The lowest BCUT2D eigenvalue weighted by atomic mass is 10.0. The molecule has 1 fully saturated rings. The number of amides is 2. The maximum Gasteiger partial charge on any atom is 0.270 e. The summed E-state index contributed by atoms with van der Waals surface area (Å²) in [5.41, 5.74) is 7.81. The van der Waals surface area contributed by atoms with Crippen LogP contribution in [0.2, 0.25) is 5.02 Å². The van der Waals surface area contributed by atoms with Crippen molar-refractivity contribution in [3.05, 3.63) is 86.7 Å². The Morgan fingerprint density at radius 3 is 2.24 bits per heavy atom. The number of aryl methyl sites for hydroxylation is 4. The highest BCUT2D eigenvalue weighted by molar-refractivity contribution is 7.80. The van der Waals surface area contributed by atoms with E-state index in [1.54, 1.807) is 30.3 Å². The van der Waals surface area contributed by atoms with Gasteiger partial charge in [0.15, 0.2) is 5.11 Å². The number of anilines is 1. The summed E-state index contributed by atoms with van der Waals surface area (Å²) < 4.78 is 2.16. The minimum atomic E-state index is -0.527. The van der Waals surface area contributed by atoms with Crippen molar-refractivity contribution in [3.63, 3.8) is 0 Å². The van der Waals surface area contributed by atoms with Crippen LogP contribution in [0.25, 0.3) is 11.8 Å². The average Bonchev–Trinajstić information content (AvgIpc) is 2.99. The van der Waals surface area contributed by atoms with E-state index in [2.05, 4.69) is 42.8 Å². The fourth-order valence-electron chi connectivity index (χ4n) is 4.47. The van der Waals surface area contributed by atoms with Crippen molar-refractivity contribution in [2.45, 2.75) is 34.6 Å². The van der Waals surface area contributed by atoms with Crippen molar-refractivity contribution in [1.82, 2.24) is 9.88 Å². The van der Waals surface area contributed by atoms with E-state index in [9.17, 15) is 9.59 Å². The smallest absolute Gasteiger partial charge is 0.270 e. The number of thiocarbonyl (C=S) groups is 1. The van der Waals surface area contributed by atoms with E-state index in [1.165, 1.54) is 10.5 Å². The van der Waals surface area contributed by atoms with Crippen LogP contribution >= 0.6 is 23.8 Å². The van der Waals surface area contributed by atoms with Crippen molar-refractivity contribution >= 4 is 52.5 Å². The molecule has 0 radical (unpaired) electrons. The number of para-hydroxylation sites is 1. The van der Waals surface area contributed by atoms with Crippen molar-refractivity contribution in [2.24, 2.45) is 0 Å². The summed E-state index contributed by atoms with van der Waals surface area (Å²) >= 11 is 11.6. The third-order valence-corrected chi connectivity index (χ3v) is 6.43. The van der Waals surface area contributed by atoms with Crippen LogP contribution in [-0.2, 0) is 9.59 Å². The lowest BCUT2D eigenvalue weighted by molar-refractivity contribution is -0.122. The number of aromatic nitrogens is 1. The molecule has 1 aliphatic heterocycles. The van der Waals surface area contributed by atoms with Crippen LogP contribution in [0.15, 0.2) is 48.0 Å². The standard InChI is InChI=1S/C26H24ClN3O2S/c1-14-10-15(2)23(16(3)11-14)29-17(4)12-19(18(29)5)13-20-24(31)28-26(33)30(25(20)32)22-9-7-6-8-21(22)27/h6-13H,1-5H3,(H,28,31,33)/b20-13+. The van der Waals surface area contributed by atoms with E-state index >= 15 is 0 Å². The van der Waals surface area contributed by atoms with E-state index in [0.717, 1.165) is 33.8 Å². The zero-order chi connectivity index (χ0) is 24.0. The molecule has 2 amide bonds. The fraction of sp³-hybridized carbons (Fsp3) is 0.192. The summed E-state index contributed by atoms with van der Waals surface area (Å²) in [6.45, 7) is 10.3. The highest BCUT2D eigenvalue weighted by Crippen LogP contribution is 2.31. The quantitative estimate of drug-likeness (QED) is 0.307. The first kappa shape index (κ1) is 23.0. The Hall–Kier alpha value is -3.22. The Morgan fingerprint density at radius 1 is 0.970 bits per heavy atom. The number of nitrogens with one attached hydrogen (secondary N) is 1. The van der Waals surface area contributed by atoms with E-state index < -0.39 is 11.8 Å². The van der Waals surface area contributed by atoms with Gasteiger partial charge in [-0.2, -0.15) is 0 Å². The maximum atomic E-state index is 13.4. The summed E-state index contributed by atoms with van der Waals surface area (Å²) in [4.78, 5) is 27.4. The van der Waals surface area contributed by atoms with Gasteiger partial charge in [-0.15, -0.1) is 0 Å². The third-order valence-electron chi connectivity index (χ3n) is 5.82. The molecule has 33 heavy (non-hydrogen) atoms. The van der Waals surface area contributed by atoms with E-state index in [0.29, 0.717) is 10.7 Å². The molecule has 3 aromatic rings. The number of benzene rings is 2. The molecule has 1 saturated heterocycles. The molecule has 0 unspecified atom stereocenters. The summed E-state index contributed by atoms with van der Waals surface area (Å²) in [6, 6.07) is 13.2. The highest BCUT2D eigenvalue weighted by Gasteiger charge is 2.35. The van der Waals surface area contributed by atoms with Crippen LogP contribution in [0.3, 0.4) is 0 Å². The number of hydrogen-bond donors (Lipinski definition) is 1. The van der Waals surface area contributed by atoms with Gasteiger partial charge in [0.25, 0.3) is 11.8 Å². The fourth-order valence-corrected chi connectivity index (χ4v) is 4.96. The maximum absolute atomic E-state index is 13.4. The number of rotatable bonds is 3. The van der Waals surface area contributed by atoms with Gasteiger partial charge >= 0.3 is 0 Å². The van der Waals surface area contributed by atoms with Gasteiger partial charge in [-0.05, 0) is 87.8 Å². The van der Waals surface area contributed by atoms with Crippen LogP contribution < -0.4 is 10.2 Å². The molecule has 2 aromatic carbocycles. The van der Waals surface area contributed by atoms with Gasteiger partial charge in [0.2, 0.25) is 0 Å². The lowest BCUT2D eigenvalue weighted by Crippen LogP contribution is -2.54. The van der Waals surface area contributed by atoms with Crippen molar-refractivity contribution in [1.29, 1.82) is 0 Å². The molecule has 5 nitrogen and oxygen atoms in total. The Balaban J connectivity index is 1.82. The topological polar surface area (TPSA) is 54.3 Å². The monoisotopic (exact) mass is 477 g/mol. The van der Waals surface area contributed by atoms with Crippen LogP contribution in [0.4, 0.5) is 5.69 Å².